The van der Waals surface area contributed by atoms with Crippen LogP contribution >= 0.6 is 22.9 Å². The highest BCUT2D eigenvalue weighted by Gasteiger charge is 2.23. The molecule has 0 atom stereocenters. The van der Waals surface area contributed by atoms with Gasteiger partial charge in [-0.25, -0.2) is 9.97 Å². The fourth-order valence-corrected chi connectivity index (χ4v) is 5.01. The maximum absolute atomic E-state index is 6.27. The van der Waals surface area contributed by atoms with Crippen LogP contribution in [0.15, 0.2) is 6.33 Å². The lowest BCUT2D eigenvalue weighted by Gasteiger charge is -2.30. The number of hydrogen-bond acceptors (Lipinski definition) is 6. The van der Waals surface area contributed by atoms with Crippen molar-refractivity contribution in [3.05, 3.63) is 21.9 Å². The van der Waals surface area contributed by atoms with Crippen molar-refractivity contribution < 1.29 is 4.74 Å². The summed E-state index contributed by atoms with van der Waals surface area (Å²) in [7, 11) is 0. The third-order valence-corrected chi connectivity index (χ3v) is 6.13. The molecular weight excluding hydrogens is 332 g/mol. The molecule has 0 spiro atoms. The molecule has 0 radical (unpaired) electrons. The summed E-state index contributed by atoms with van der Waals surface area (Å²) < 4.78 is 5.40. The van der Waals surface area contributed by atoms with Crippen molar-refractivity contribution in [3.63, 3.8) is 0 Å². The zero-order chi connectivity index (χ0) is 15.6. The lowest BCUT2D eigenvalue weighted by molar-refractivity contribution is 0.0359. The molecule has 2 aromatic heterocycles. The maximum Gasteiger partial charge on any atom is 0.141 e. The Morgan fingerprint density at radius 3 is 2.83 bits per heavy atom. The summed E-state index contributed by atoms with van der Waals surface area (Å²) in [5.74, 6) is 0. The molecule has 124 valence electrons. The zero-order valence-electron chi connectivity index (χ0n) is 13.1. The van der Waals surface area contributed by atoms with E-state index in [-0.39, 0.29) is 0 Å². The van der Waals surface area contributed by atoms with Crippen molar-refractivity contribution >= 4 is 33.2 Å². The van der Waals surface area contributed by atoms with E-state index in [2.05, 4.69) is 19.8 Å². The van der Waals surface area contributed by atoms with Crippen molar-refractivity contribution in [1.82, 2.24) is 19.8 Å². The summed E-state index contributed by atoms with van der Waals surface area (Å²) in [6.07, 6.45) is 3.84. The minimum Gasteiger partial charge on any atom is -0.379 e. The molecule has 0 bridgehead atoms. The molecule has 0 amide bonds. The van der Waals surface area contributed by atoms with Crippen molar-refractivity contribution in [2.45, 2.75) is 19.4 Å². The van der Waals surface area contributed by atoms with Crippen molar-refractivity contribution in [2.75, 3.05) is 45.9 Å². The molecule has 1 fully saturated rings. The van der Waals surface area contributed by atoms with Crippen LogP contribution in [-0.4, -0.2) is 65.7 Å². The highest BCUT2D eigenvalue weighted by molar-refractivity contribution is 7.19. The summed E-state index contributed by atoms with van der Waals surface area (Å²) in [6.45, 7) is 8.40. The van der Waals surface area contributed by atoms with Gasteiger partial charge in [-0.1, -0.05) is 11.6 Å². The molecule has 2 aliphatic rings. The number of ether oxygens (including phenoxy) is 1. The van der Waals surface area contributed by atoms with E-state index in [4.69, 9.17) is 16.3 Å². The van der Waals surface area contributed by atoms with E-state index in [1.54, 1.807) is 17.7 Å². The number of aromatic nitrogens is 2. The van der Waals surface area contributed by atoms with Gasteiger partial charge in [0.2, 0.25) is 0 Å². The molecule has 4 heterocycles. The van der Waals surface area contributed by atoms with Crippen LogP contribution in [-0.2, 0) is 17.7 Å². The predicted molar refractivity (Wildman–Crippen MR) is 93.3 cm³/mol. The molecule has 0 unspecified atom stereocenters. The van der Waals surface area contributed by atoms with Gasteiger partial charge in [0.25, 0.3) is 0 Å². The van der Waals surface area contributed by atoms with Crippen LogP contribution < -0.4 is 0 Å². The Labute approximate surface area is 145 Å². The first-order valence-electron chi connectivity index (χ1n) is 8.24. The molecule has 2 aromatic rings. The lowest BCUT2D eigenvalue weighted by Crippen LogP contribution is -2.38. The summed E-state index contributed by atoms with van der Waals surface area (Å²) in [4.78, 5) is 16.0. The van der Waals surface area contributed by atoms with Gasteiger partial charge in [-0.05, 0) is 31.5 Å². The van der Waals surface area contributed by atoms with Gasteiger partial charge in [-0.15, -0.1) is 11.3 Å². The van der Waals surface area contributed by atoms with Gasteiger partial charge in [-0.3, -0.25) is 9.80 Å². The van der Waals surface area contributed by atoms with E-state index in [0.29, 0.717) is 5.15 Å². The van der Waals surface area contributed by atoms with E-state index in [1.807, 2.05) is 0 Å². The van der Waals surface area contributed by atoms with Crippen LogP contribution in [0.4, 0.5) is 0 Å². The first kappa shape index (κ1) is 15.7. The van der Waals surface area contributed by atoms with E-state index in [0.717, 1.165) is 62.6 Å². The average molecular weight is 353 g/mol. The Morgan fingerprint density at radius 1 is 1.13 bits per heavy atom. The molecular formula is C16H21ClN4OS. The molecule has 0 N–H and O–H groups in total. The standard InChI is InChI=1S/C16H21ClN4OS/c17-15-14-12-2-5-21(4-1-3-20-6-8-22-9-7-20)10-13(12)23-16(14)19-11-18-15/h11H,1-10H2. The van der Waals surface area contributed by atoms with Crippen LogP contribution in [0.5, 0.6) is 0 Å². The molecule has 1 saturated heterocycles. The fraction of sp³-hybridized carbons (Fsp3) is 0.625. The highest BCUT2D eigenvalue weighted by Crippen LogP contribution is 2.36. The second-order valence-corrected chi connectivity index (χ2v) is 7.62. The Hall–Kier alpha value is -0.790. The van der Waals surface area contributed by atoms with Gasteiger partial charge in [0, 0.05) is 31.1 Å². The van der Waals surface area contributed by atoms with Crippen molar-refractivity contribution in [3.8, 4) is 0 Å². The smallest absolute Gasteiger partial charge is 0.141 e. The highest BCUT2D eigenvalue weighted by atomic mass is 35.5. The van der Waals surface area contributed by atoms with Gasteiger partial charge in [0.15, 0.2) is 0 Å². The molecule has 4 rings (SSSR count). The molecule has 5 nitrogen and oxygen atoms in total. The largest absolute Gasteiger partial charge is 0.379 e. The van der Waals surface area contributed by atoms with Gasteiger partial charge < -0.3 is 4.74 Å². The summed E-state index contributed by atoms with van der Waals surface area (Å²) >= 11 is 8.04. The minimum atomic E-state index is 0.605. The number of hydrogen-bond donors (Lipinski definition) is 0. The number of morpholine rings is 1. The van der Waals surface area contributed by atoms with Crippen molar-refractivity contribution in [2.24, 2.45) is 0 Å². The van der Waals surface area contributed by atoms with Crippen LogP contribution in [0.1, 0.15) is 16.9 Å². The first-order valence-corrected chi connectivity index (χ1v) is 9.44. The summed E-state index contributed by atoms with van der Waals surface area (Å²) in [5, 5.41) is 1.69. The van der Waals surface area contributed by atoms with E-state index < -0.39 is 0 Å². The van der Waals surface area contributed by atoms with Crippen molar-refractivity contribution in [1.29, 1.82) is 0 Å². The number of thiophene rings is 1. The quantitative estimate of drug-likeness (QED) is 0.790. The predicted octanol–water partition coefficient (Wildman–Crippen LogP) is 2.43. The monoisotopic (exact) mass is 352 g/mol. The second-order valence-electron chi connectivity index (χ2n) is 6.18. The Bertz CT molecular complexity index is 686. The lowest BCUT2D eigenvalue weighted by atomic mass is 10.1. The molecule has 7 heteroatoms. The normalized spacial score (nSPS) is 20.0. The first-order chi connectivity index (χ1) is 11.3. The topological polar surface area (TPSA) is 41.5 Å². The van der Waals surface area contributed by atoms with Gasteiger partial charge in [0.05, 0.1) is 18.6 Å². The van der Waals surface area contributed by atoms with Gasteiger partial charge in [-0.2, -0.15) is 0 Å². The average Bonchev–Trinajstić information content (AvgIpc) is 2.95. The molecule has 0 aliphatic carbocycles. The minimum absolute atomic E-state index is 0.605. The third kappa shape index (κ3) is 3.37. The number of fused-ring (bicyclic) bond motifs is 3. The molecule has 23 heavy (non-hydrogen) atoms. The maximum atomic E-state index is 6.27. The summed E-state index contributed by atoms with van der Waals surface area (Å²) in [5.41, 5.74) is 1.38. The van der Waals surface area contributed by atoms with E-state index in [9.17, 15) is 0 Å². The molecule has 0 saturated carbocycles. The van der Waals surface area contributed by atoms with Crippen LogP contribution in [0.25, 0.3) is 10.2 Å². The van der Waals surface area contributed by atoms with Crippen LogP contribution in [0.3, 0.4) is 0 Å². The Kier molecular flexibility index (Phi) is 4.78. The SMILES string of the molecule is Clc1ncnc2sc3c(c12)CCN(CCCN1CCOCC1)C3. The fourth-order valence-electron chi connectivity index (χ4n) is 3.48. The zero-order valence-corrected chi connectivity index (χ0v) is 14.7. The Morgan fingerprint density at radius 2 is 1.96 bits per heavy atom. The van der Waals surface area contributed by atoms with Gasteiger partial charge in [0.1, 0.15) is 16.3 Å². The molecule has 2 aliphatic heterocycles. The van der Waals surface area contributed by atoms with Gasteiger partial charge >= 0.3 is 0 Å². The molecule has 0 aromatic carbocycles. The number of halogens is 1. The summed E-state index contributed by atoms with van der Waals surface area (Å²) in [6, 6.07) is 0. The van der Waals surface area contributed by atoms with Crippen LogP contribution in [0.2, 0.25) is 5.15 Å². The number of rotatable bonds is 4. The third-order valence-electron chi connectivity index (χ3n) is 4.72. The van der Waals surface area contributed by atoms with E-state index in [1.165, 1.54) is 23.4 Å². The van der Waals surface area contributed by atoms with E-state index >= 15 is 0 Å². The second kappa shape index (κ2) is 6.99. The Balaban J connectivity index is 1.37. The number of nitrogens with zero attached hydrogens (tertiary/aromatic N) is 4. The van der Waals surface area contributed by atoms with Crippen LogP contribution in [0, 0.1) is 0 Å².